The highest BCUT2D eigenvalue weighted by Crippen LogP contribution is 2.37. The van der Waals surface area contributed by atoms with E-state index in [1.807, 2.05) is 6.07 Å². The number of fused-ring (bicyclic) bond motifs is 3. The van der Waals surface area contributed by atoms with E-state index in [2.05, 4.69) is 112 Å². The third-order valence-corrected chi connectivity index (χ3v) is 13.6. The van der Waals surface area contributed by atoms with Crippen molar-refractivity contribution in [1.29, 1.82) is 0 Å². The Morgan fingerprint density at radius 2 is 1.47 bits per heavy atom. The lowest BCUT2D eigenvalue weighted by Gasteiger charge is -2.28. The van der Waals surface area contributed by atoms with Gasteiger partial charge in [-0.15, -0.1) is 0 Å². The number of pyridine rings is 1. The molecule has 0 radical (unpaired) electrons. The van der Waals surface area contributed by atoms with Crippen molar-refractivity contribution in [2.45, 2.75) is 45.8 Å². The zero-order valence-electron chi connectivity index (χ0n) is 21.0. The van der Waals surface area contributed by atoms with Crippen LogP contribution in [0, 0.1) is 6.92 Å². The summed E-state index contributed by atoms with van der Waals surface area (Å²) >= 11 is 0. The van der Waals surface area contributed by atoms with Crippen LogP contribution in [-0.2, 0) is 7.05 Å². The number of para-hydroxylation sites is 1. The number of benzene rings is 3. The summed E-state index contributed by atoms with van der Waals surface area (Å²) in [5.74, 6) is 0. The first-order chi connectivity index (χ1) is 16.5. The maximum absolute atomic E-state index is 6.40. The molecule has 172 valence electrons. The van der Waals surface area contributed by atoms with Gasteiger partial charge in [0.2, 0.25) is 5.69 Å². The zero-order valence-corrected chi connectivity index (χ0v) is 22.0. The van der Waals surface area contributed by atoms with E-state index in [9.17, 15) is 0 Å². The Morgan fingerprint density at radius 3 is 2.18 bits per heavy atom. The molecular formula is C31H34NOSi+. The van der Waals surface area contributed by atoms with E-state index in [-0.39, 0.29) is 0 Å². The molecular weight excluding hydrogens is 430 g/mol. The van der Waals surface area contributed by atoms with Gasteiger partial charge in [-0.1, -0.05) is 98.7 Å². The zero-order chi connectivity index (χ0) is 23.9. The predicted molar refractivity (Wildman–Crippen MR) is 147 cm³/mol. The lowest BCUT2D eigenvalue weighted by Crippen LogP contribution is -2.45. The number of rotatable bonds is 6. The molecule has 0 saturated carbocycles. The lowest BCUT2D eigenvalue weighted by atomic mass is 9.98. The van der Waals surface area contributed by atoms with Crippen molar-refractivity contribution in [3.8, 4) is 22.4 Å². The second-order valence-electron chi connectivity index (χ2n) is 9.56. The monoisotopic (exact) mass is 464 g/mol. The van der Waals surface area contributed by atoms with Gasteiger partial charge in [-0.3, -0.25) is 0 Å². The number of aryl methyl sites for hydroxylation is 2. The Hall–Kier alpha value is -3.17. The van der Waals surface area contributed by atoms with Crippen molar-refractivity contribution >= 4 is 35.2 Å². The molecule has 2 heterocycles. The Kier molecular flexibility index (Phi) is 5.91. The third-order valence-electron chi connectivity index (χ3n) is 8.02. The fraction of sp³-hybridized carbons (Fsp3) is 0.258. The Balaban J connectivity index is 1.64. The average molecular weight is 465 g/mol. The maximum atomic E-state index is 6.40. The molecule has 2 nitrogen and oxygen atoms in total. The summed E-state index contributed by atoms with van der Waals surface area (Å²) in [7, 11) is 0.757. The number of hydrogen-bond acceptors (Lipinski definition) is 1. The van der Waals surface area contributed by atoms with Crippen molar-refractivity contribution in [2.24, 2.45) is 7.05 Å². The molecule has 0 aliphatic carbocycles. The number of furan rings is 1. The first-order valence-corrected chi connectivity index (χ1v) is 15.1. The summed E-state index contributed by atoms with van der Waals surface area (Å²) in [6, 6.07) is 30.6. The van der Waals surface area contributed by atoms with E-state index in [0.29, 0.717) is 0 Å². The van der Waals surface area contributed by atoms with Crippen LogP contribution in [0.25, 0.3) is 44.3 Å². The lowest BCUT2D eigenvalue weighted by molar-refractivity contribution is -0.660. The Bertz CT molecular complexity index is 1470. The van der Waals surface area contributed by atoms with Gasteiger partial charge >= 0.3 is 0 Å². The molecule has 3 heteroatoms. The summed E-state index contributed by atoms with van der Waals surface area (Å²) in [4.78, 5) is 0. The topological polar surface area (TPSA) is 17.0 Å². The van der Waals surface area contributed by atoms with Gasteiger partial charge in [0.1, 0.15) is 18.2 Å². The molecule has 0 saturated heterocycles. The van der Waals surface area contributed by atoms with E-state index in [1.165, 1.54) is 56.9 Å². The molecule has 0 unspecified atom stereocenters. The van der Waals surface area contributed by atoms with Crippen LogP contribution < -0.4 is 9.75 Å². The average Bonchev–Trinajstić information content (AvgIpc) is 3.25. The van der Waals surface area contributed by atoms with Gasteiger partial charge in [-0.2, -0.15) is 0 Å². The summed E-state index contributed by atoms with van der Waals surface area (Å²) in [6.07, 6.45) is 2.17. The molecule has 34 heavy (non-hydrogen) atoms. The molecule has 0 amide bonds. The summed E-state index contributed by atoms with van der Waals surface area (Å²) < 4.78 is 8.61. The minimum Gasteiger partial charge on any atom is -0.455 e. The molecule has 0 bridgehead atoms. The molecule has 0 N–H and O–H groups in total. The molecule has 0 fully saturated rings. The van der Waals surface area contributed by atoms with Gasteiger partial charge in [-0.05, 0) is 29.7 Å². The van der Waals surface area contributed by atoms with Gasteiger partial charge in [0.15, 0.2) is 6.20 Å². The maximum Gasteiger partial charge on any atom is 0.216 e. The largest absolute Gasteiger partial charge is 0.455 e. The van der Waals surface area contributed by atoms with Crippen molar-refractivity contribution in [1.82, 2.24) is 0 Å². The second kappa shape index (κ2) is 8.88. The smallest absolute Gasteiger partial charge is 0.216 e. The van der Waals surface area contributed by atoms with Crippen LogP contribution in [-0.4, -0.2) is 8.07 Å². The highest BCUT2D eigenvalue weighted by molar-refractivity contribution is 6.91. The number of nitrogens with zero attached hydrogens (tertiary/aromatic N) is 1. The molecule has 2 aromatic heterocycles. The van der Waals surface area contributed by atoms with Crippen LogP contribution in [0.1, 0.15) is 26.3 Å². The first kappa shape index (κ1) is 22.6. The molecule has 5 rings (SSSR count). The van der Waals surface area contributed by atoms with Crippen molar-refractivity contribution in [2.75, 3.05) is 0 Å². The van der Waals surface area contributed by atoms with Gasteiger partial charge in [0.25, 0.3) is 0 Å². The minimum atomic E-state index is -1.36. The number of hydrogen-bond donors (Lipinski definition) is 0. The molecule has 3 aromatic carbocycles. The van der Waals surface area contributed by atoms with Crippen LogP contribution in [0.15, 0.2) is 83.4 Å². The van der Waals surface area contributed by atoms with Crippen molar-refractivity contribution in [3.05, 3.63) is 84.6 Å². The van der Waals surface area contributed by atoms with Gasteiger partial charge in [0, 0.05) is 22.9 Å². The summed E-state index contributed by atoms with van der Waals surface area (Å²) in [5, 5.41) is 3.93. The molecule has 5 aromatic rings. The molecule has 0 atom stereocenters. The third kappa shape index (κ3) is 3.59. The fourth-order valence-corrected chi connectivity index (χ4v) is 9.18. The highest BCUT2D eigenvalue weighted by Gasteiger charge is 2.29. The van der Waals surface area contributed by atoms with Gasteiger partial charge < -0.3 is 4.42 Å². The van der Waals surface area contributed by atoms with E-state index in [0.717, 1.165) is 11.2 Å². The minimum absolute atomic E-state index is 0.939. The van der Waals surface area contributed by atoms with Gasteiger partial charge in [0.05, 0.1) is 13.6 Å². The summed E-state index contributed by atoms with van der Waals surface area (Å²) in [5.41, 5.74) is 7.98. The van der Waals surface area contributed by atoms with Crippen LogP contribution in [0.3, 0.4) is 0 Å². The van der Waals surface area contributed by atoms with E-state index < -0.39 is 8.07 Å². The Morgan fingerprint density at radius 1 is 0.765 bits per heavy atom. The van der Waals surface area contributed by atoms with Gasteiger partial charge in [-0.25, -0.2) is 4.57 Å². The predicted octanol–water partition coefficient (Wildman–Crippen LogP) is 7.77. The van der Waals surface area contributed by atoms with Crippen LogP contribution in [0.4, 0.5) is 0 Å². The van der Waals surface area contributed by atoms with E-state index in [1.54, 1.807) is 5.19 Å². The van der Waals surface area contributed by atoms with Crippen molar-refractivity contribution < 1.29 is 8.98 Å². The molecule has 0 aliphatic heterocycles. The molecule has 0 aliphatic rings. The van der Waals surface area contributed by atoms with Crippen LogP contribution in [0.5, 0.6) is 0 Å². The molecule has 0 spiro atoms. The Labute approximate surface area is 203 Å². The normalized spacial score (nSPS) is 12.0. The van der Waals surface area contributed by atoms with Crippen LogP contribution in [0.2, 0.25) is 18.1 Å². The fourth-order valence-electron chi connectivity index (χ4n) is 5.58. The summed E-state index contributed by atoms with van der Waals surface area (Å²) in [6.45, 7) is 9.29. The quantitative estimate of drug-likeness (QED) is 0.185. The van der Waals surface area contributed by atoms with Crippen molar-refractivity contribution in [3.63, 3.8) is 0 Å². The highest BCUT2D eigenvalue weighted by atomic mass is 28.3. The van der Waals surface area contributed by atoms with E-state index >= 15 is 0 Å². The standard InChI is InChI=1S/C31H34NOSi/c1-6-34(7-2,8-3)25-16-14-23(15-17-25)24-19-20-32(5)28(21-24)30-22(4)13-18-27-26-11-9-10-12-29(26)33-31(27)30/h9-21H,6-8H2,1-5H3/q+1. The number of aromatic nitrogens is 1. The second-order valence-corrected chi connectivity index (χ2v) is 14.8. The SMILES string of the molecule is CC[Si](CC)(CC)c1ccc(-c2cc[n+](C)c(-c3c(C)ccc4c3oc3ccccc34)c2)cc1. The van der Waals surface area contributed by atoms with E-state index in [4.69, 9.17) is 4.42 Å². The first-order valence-electron chi connectivity index (χ1n) is 12.5. The van der Waals surface area contributed by atoms with Crippen LogP contribution >= 0.6 is 0 Å².